The van der Waals surface area contributed by atoms with Gasteiger partial charge in [0.05, 0.1) is 11.6 Å². The first-order valence-corrected chi connectivity index (χ1v) is 7.26. The number of nitrogens with one attached hydrogen (secondary N) is 1. The van der Waals surface area contributed by atoms with Crippen LogP contribution in [0.25, 0.3) is 0 Å². The summed E-state index contributed by atoms with van der Waals surface area (Å²) in [6.45, 7) is 0. The van der Waals surface area contributed by atoms with Gasteiger partial charge in [-0.1, -0.05) is 24.4 Å². The highest BCUT2D eigenvalue weighted by Gasteiger charge is 2.09. The molecule has 3 N–H and O–H groups in total. The number of benzene rings is 2. The Hall–Kier alpha value is -1.92. The SMILES string of the molecule is COc1ccc(NC(=O)c2cccc(C(N)=S)c2)cc1Br. The van der Waals surface area contributed by atoms with Crippen LogP contribution < -0.4 is 15.8 Å². The van der Waals surface area contributed by atoms with Gasteiger partial charge in [0.1, 0.15) is 10.7 Å². The van der Waals surface area contributed by atoms with E-state index in [0.29, 0.717) is 22.6 Å². The van der Waals surface area contributed by atoms with Crippen molar-refractivity contribution in [3.63, 3.8) is 0 Å². The van der Waals surface area contributed by atoms with Crippen molar-refractivity contribution >= 4 is 44.7 Å². The molecule has 4 nitrogen and oxygen atoms in total. The fourth-order valence-electron chi connectivity index (χ4n) is 1.76. The fourth-order valence-corrected chi connectivity index (χ4v) is 2.43. The number of ether oxygens (including phenoxy) is 1. The van der Waals surface area contributed by atoms with E-state index in [0.717, 1.165) is 4.47 Å². The Labute approximate surface area is 136 Å². The summed E-state index contributed by atoms with van der Waals surface area (Å²) in [6, 6.07) is 12.2. The third-order valence-corrected chi connectivity index (χ3v) is 3.67. The zero-order valence-corrected chi connectivity index (χ0v) is 13.6. The normalized spacial score (nSPS) is 10.0. The molecule has 0 saturated carbocycles. The van der Waals surface area contributed by atoms with E-state index in [1.165, 1.54) is 0 Å². The van der Waals surface area contributed by atoms with Crippen LogP contribution in [0.15, 0.2) is 46.9 Å². The lowest BCUT2D eigenvalue weighted by molar-refractivity contribution is 0.102. The molecule has 21 heavy (non-hydrogen) atoms. The van der Waals surface area contributed by atoms with Gasteiger partial charge < -0.3 is 15.8 Å². The fraction of sp³-hybridized carbons (Fsp3) is 0.0667. The second-order valence-corrected chi connectivity index (χ2v) is 5.54. The molecule has 0 aliphatic heterocycles. The first-order chi connectivity index (χ1) is 10.0. The summed E-state index contributed by atoms with van der Waals surface area (Å²) in [5.74, 6) is 0.466. The van der Waals surface area contributed by atoms with Crippen LogP contribution in [0.5, 0.6) is 5.75 Å². The molecule has 0 saturated heterocycles. The van der Waals surface area contributed by atoms with Crippen LogP contribution in [0.3, 0.4) is 0 Å². The highest BCUT2D eigenvalue weighted by Crippen LogP contribution is 2.27. The number of rotatable bonds is 4. The molecule has 0 radical (unpaired) electrons. The monoisotopic (exact) mass is 364 g/mol. The predicted molar refractivity (Wildman–Crippen MR) is 91.0 cm³/mol. The summed E-state index contributed by atoms with van der Waals surface area (Å²) in [5, 5.41) is 2.81. The van der Waals surface area contributed by atoms with Gasteiger partial charge in [0.2, 0.25) is 0 Å². The number of halogens is 1. The standard InChI is InChI=1S/C15H13BrN2O2S/c1-20-13-6-5-11(8-12(13)16)18-15(19)10-4-2-3-9(7-10)14(17)21/h2-8H,1H3,(H2,17,21)(H,18,19). The maximum atomic E-state index is 12.2. The number of methoxy groups -OCH3 is 1. The van der Waals surface area contributed by atoms with Crippen molar-refractivity contribution in [2.24, 2.45) is 5.73 Å². The van der Waals surface area contributed by atoms with Gasteiger partial charge in [-0.05, 0) is 46.3 Å². The quantitative estimate of drug-likeness (QED) is 0.816. The number of carbonyl (C=O) groups excluding carboxylic acids is 1. The molecule has 2 rings (SSSR count). The molecule has 0 atom stereocenters. The van der Waals surface area contributed by atoms with E-state index in [2.05, 4.69) is 21.2 Å². The third-order valence-electron chi connectivity index (χ3n) is 2.82. The van der Waals surface area contributed by atoms with E-state index in [1.54, 1.807) is 49.6 Å². The Morgan fingerprint density at radius 3 is 2.57 bits per heavy atom. The Morgan fingerprint density at radius 1 is 1.24 bits per heavy atom. The summed E-state index contributed by atoms with van der Waals surface area (Å²) in [7, 11) is 1.58. The topological polar surface area (TPSA) is 64.3 Å². The van der Waals surface area contributed by atoms with Gasteiger partial charge in [0.15, 0.2) is 0 Å². The van der Waals surface area contributed by atoms with Crippen molar-refractivity contribution in [2.45, 2.75) is 0 Å². The average Bonchev–Trinajstić information content (AvgIpc) is 2.47. The van der Waals surface area contributed by atoms with Gasteiger partial charge in [0, 0.05) is 16.8 Å². The third kappa shape index (κ3) is 3.80. The van der Waals surface area contributed by atoms with Crippen LogP contribution in [0.1, 0.15) is 15.9 Å². The van der Waals surface area contributed by atoms with Crippen molar-refractivity contribution in [3.8, 4) is 5.75 Å². The summed E-state index contributed by atoms with van der Waals surface area (Å²) in [6.07, 6.45) is 0. The first kappa shape index (κ1) is 15.5. The Kier molecular flexibility index (Phi) is 4.93. The number of anilines is 1. The highest BCUT2D eigenvalue weighted by molar-refractivity contribution is 9.10. The smallest absolute Gasteiger partial charge is 0.255 e. The van der Waals surface area contributed by atoms with Crippen molar-refractivity contribution in [3.05, 3.63) is 58.1 Å². The largest absolute Gasteiger partial charge is 0.496 e. The molecule has 0 aromatic heterocycles. The van der Waals surface area contributed by atoms with Crippen LogP contribution in [0.2, 0.25) is 0 Å². The molecule has 0 heterocycles. The number of hydrogen-bond acceptors (Lipinski definition) is 3. The summed E-state index contributed by atoms with van der Waals surface area (Å²) < 4.78 is 5.91. The first-order valence-electron chi connectivity index (χ1n) is 6.06. The van der Waals surface area contributed by atoms with E-state index >= 15 is 0 Å². The predicted octanol–water partition coefficient (Wildman–Crippen LogP) is 3.34. The Balaban J connectivity index is 2.20. The minimum absolute atomic E-state index is 0.231. The summed E-state index contributed by atoms with van der Waals surface area (Å²) in [5.41, 5.74) is 7.38. The lowest BCUT2D eigenvalue weighted by atomic mass is 10.1. The van der Waals surface area contributed by atoms with Crippen LogP contribution in [0.4, 0.5) is 5.69 Å². The molecular weight excluding hydrogens is 352 g/mol. The van der Waals surface area contributed by atoms with Gasteiger partial charge in [-0.3, -0.25) is 4.79 Å². The lowest BCUT2D eigenvalue weighted by Crippen LogP contribution is -2.14. The van der Waals surface area contributed by atoms with Gasteiger partial charge in [-0.15, -0.1) is 0 Å². The van der Waals surface area contributed by atoms with Crippen molar-refractivity contribution in [1.29, 1.82) is 0 Å². The molecule has 0 spiro atoms. The zero-order valence-electron chi connectivity index (χ0n) is 11.2. The van der Waals surface area contributed by atoms with Crippen molar-refractivity contribution in [1.82, 2.24) is 0 Å². The van der Waals surface area contributed by atoms with Crippen LogP contribution in [-0.2, 0) is 0 Å². The van der Waals surface area contributed by atoms with Gasteiger partial charge in [-0.25, -0.2) is 0 Å². The maximum Gasteiger partial charge on any atom is 0.255 e. The number of hydrogen-bond donors (Lipinski definition) is 2. The molecule has 1 amide bonds. The van der Waals surface area contributed by atoms with Crippen LogP contribution in [-0.4, -0.2) is 18.0 Å². The van der Waals surface area contributed by atoms with E-state index in [1.807, 2.05) is 0 Å². The summed E-state index contributed by atoms with van der Waals surface area (Å²) >= 11 is 8.28. The maximum absolute atomic E-state index is 12.2. The van der Waals surface area contributed by atoms with Crippen LogP contribution in [0, 0.1) is 0 Å². The second-order valence-electron chi connectivity index (χ2n) is 4.25. The Bertz CT molecular complexity index is 704. The second kappa shape index (κ2) is 6.69. The van der Waals surface area contributed by atoms with Gasteiger partial charge in [0.25, 0.3) is 5.91 Å². The number of thiocarbonyl (C=S) groups is 1. The minimum atomic E-state index is -0.231. The Morgan fingerprint density at radius 2 is 1.95 bits per heavy atom. The van der Waals surface area contributed by atoms with Crippen molar-refractivity contribution in [2.75, 3.05) is 12.4 Å². The average molecular weight is 365 g/mol. The molecule has 2 aromatic carbocycles. The minimum Gasteiger partial charge on any atom is -0.496 e. The molecule has 6 heteroatoms. The number of carbonyl (C=O) groups is 1. The molecule has 0 unspecified atom stereocenters. The molecule has 0 bridgehead atoms. The number of nitrogens with two attached hydrogens (primary N) is 1. The van der Waals surface area contributed by atoms with E-state index < -0.39 is 0 Å². The molecule has 108 valence electrons. The van der Waals surface area contributed by atoms with E-state index in [9.17, 15) is 4.79 Å². The molecular formula is C15H13BrN2O2S. The molecule has 0 aliphatic carbocycles. The summed E-state index contributed by atoms with van der Waals surface area (Å²) in [4.78, 5) is 12.5. The highest BCUT2D eigenvalue weighted by atomic mass is 79.9. The van der Waals surface area contributed by atoms with Crippen LogP contribution >= 0.6 is 28.1 Å². The lowest BCUT2D eigenvalue weighted by Gasteiger charge is -2.09. The molecule has 0 fully saturated rings. The van der Waals surface area contributed by atoms with E-state index in [-0.39, 0.29) is 10.9 Å². The van der Waals surface area contributed by atoms with Crippen molar-refractivity contribution < 1.29 is 9.53 Å². The molecule has 2 aromatic rings. The van der Waals surface area contributed by atoms with Gasteiger partial charge >= 0.3 is 0 Å². The van der Waals surface area contributed by atoms with Gasteiger partial charge in [-0.2, -0.15) is 0 Å². The zero-order chi connectivity index (χ0) is 15.4. The number of amides is 1. The van der Waals surface area contributed by atoms with E-state index in [4.69, 9.17) is 22.7 Å². The molecule has 0 aliphatic rings.